The molecule has 108 valence electrons. The average Bonchev–Trinajstić information content (AvgIpc) is 2.76. The van der Waals surface area contributed by atoms with E-state index in [0.29, 0.717) is 0 Å². The molecule has 0 bridgehead atoms. The predicted octanol–water partition coefficient (Wildman–Crippen LogP) is 3.02. The second kappa shape index (κ2) is 7.36. The fourth-order valence-electron chi connectivity index (χ4n) is 2.49. The molecule has 1 saturated heterocycles. The van der Waals surface area contributed by atoms with Crippen LogP contribution in [-0.4, -0.2) is 35.5 Å². The van der Waals surface area contributed by atoms with E-state index in [-0.39, 0.29) is 0 Å². The highest BCUT2D eigenvalue weighted by Gasteiger charge is 2.20. The average molecular weight is 282 g/mol. The summed E-state index contributed by atoms with van der Waals surface area (Å²) < 4.78 is 5.89. The summed E-state index contributed by atoms with van der Waals surface area (Å²) in [6.45, 7) is 11.7. The lowest BCUT2D eigenvalue weighted by atomic mass is 10.2. The highest BCUT2D eigenvalue weighted by molar-refractivity contribution is 8.00. The van der Waals surface area contributed by atoms with E-state index in [4.69, 9.17) is 4.42 Å². The van der Waals surface area contributed by atoms with Crippen molar-refractivity contribution in [3.8, 4) is 0 Å². The van der Waals surface area contributed by atoms with Crippen LogP contribution in [0.1, 0.15) is 37.4 Å². The number of hydrogen-bond acceptors (Lipinski definition) is 4. The number of nitrogens with zero attached hydrogens (tertiary/aromatic N) is 1. The molecule has 0 amide bonds. The standard InChI is InChI=1S/C15H26N2OS/c1-4-15-11-17(6-7-19-15)10-14-8-13(9-16-5-2)12(3)18-14/h8,15-16H,4-7,9-11H2,1-3H3. The van der Waals surface area contributed by atoms with Gasteiger partial charge in [-0.2, -0.15) is 11.8 Å². The summed E-state index contributed by atoms with van der Waals surface area (Å²) in [5.41, 5.74) is 1.30. The molecule has 0 radical (unpaired) electrons. The largest absolute Gasteiger partial charge is 0.465 e. The Morgan fingerprint density at radius 3 is 3.05 bits per heavy atom. The Balaban J connectivity index is 1.91. The van der Waals surface area contributed by atoms with Crippen LogP contribution in [-0.2, 0) is 13.1 Å². The van der Waals surface area contributed by atoms with Crippen molar-refractivity contribution in [3.63, 3.8) is 0 Å². The van der Waals surface area contributed by atoms with E-state index in [1.807, 2.05) is 0 Å². The number of rotatable bonds is 6. The molecule has 1 aromatic heterocycles. The van der Waals surface area contributed by atoms with Crippen LogP contribution in [0.25, 0.3) is 0 Å². The number of furan rings is 1. The maximum absolute atomic E-state index is 5.89. The van der Waals surface area contributed by atoms with Gasteiger partial charge in [-0.25, -0.2) is 0 Å². The number of aryl methyl sites for hydroxylation is 1. The van der Waals surface area contributed by atoms with Crippen molar-refractivity contribution in [1.29, 1.82) is 0 Å². The van der Waals surface area contributed by atoms with Crippen LogP contribution >= 0.6 is 11.8 Å². The smallest absolute Gasteiger partial charge is 0.118 e. The van der Waals surface area contributed by atoms with E-state index < -0.39 is 0 Å². The lowest BCUT2D eigenvalue weighted by Crippen LogP contribution is -2.36. The SMILES string of the molecule is CCNCc1cc(CN2CCSC(CC)C2)oc1C. The lowest BCUT2D eigenvalue weighted by Gasteiger charge is -2.31. The van der Waals surface area contributed by atoms with Crippen molar-refractivity contribution in [3.05, 3.63) is 23.2 Å². The maximum atomic E-state index is 5.89. The van der Waals surface area contributed by atoms with E-state index in [0.717, 1.165) is 36.4 Å². The van der Waals surface area contributed by atoms with Gasteiger partial charge >= 0.3 is 0 Å². The molecular formula is C15H26N2OS. The van der Waals surface area contributed by atoms with E-state index in [1.165, 1.54) is 30.8 Å². The first-order valence-corrected chi connectivity index (χ1v) is 8.40. The molecule has 3 nitrogen and oxygen atoms in total. The summed E-state index contributed by atoms with van der Waals surface area (Å²) in [7, 11) is 0. The predicted molar refractivity (Wildman–Crippen MR) is 82.6 cm³/mol. The van der Waals surface area contributed by atoms with Crippen LogP contribution < -0.4 is 5.32 Å². The molecule has 19 heavy (non-hydrogen) atoms. The fraction of sp³-hybridized carbons (Fsp3) is 0.733. The summed E-state index contributed by atoms with van der Waals surface area (Å²) in [6, 6.07) is 2.22. The second-order valence-corrected chi connectivity index (χ2v) is 6.62. The quantitative estimate of drug-likeness (QED) is 0.868. The Morgan fingerprint density at radius 2 is 2.32 bits per heavy atom. The molecule has 4 heteroatoms. The molecule has 1 unspecified atom stereocenters. The molecule has 0 aliphatic carbocycles. The van der Waals surface area contributed by atoms with Gasteiger partial charge in [0.25, 0.3) is 0 Å². The summed E-state index contributed by atoms with van der Waals surface area (Å²) in [5, 5.41) is 4.16. The van der Waals surface area contributed by atoms with E-state index in [2.05, 4.69) is 48.8 Å². The van der Waals surface area contributed by atoms with Gasteiger partial charge in [-0.15, -0.1) is 0 Å². The molecule has 0 saturated carbocycles. The highest BCUT2D eigenvalue weighted by atomic mass is 32.2. The van der Waals surface area contributed by atoms with Crippen LogP contribution in [0.15, 0.2) is 10.5 Å². The van der Waals surface area contributed by atoms with Gasteiger partial charge in [0.15, 0.2) is 0 Å². The van der Waals surface area contributed by atoms with Gasteiger partial charge in [-0.3, -0.25) is 4.90 Å². The van der Waals surface area contributed by atoms with Gasteiger partial charge in [0.05, 0.1) is 6.54 Å². The van der Waals surface area contributed by atoms with Gasteiger partial charge in [-0.05, 0) is 26.0 Å². The van der Waals surface area contributed by atoms with Gasteiger partial charge in [-0.1, -0.05) is 13.8 Å². The molecule has 2 heterocycles. The van der Waals surface area contributed by atoms with Crippen molar-refractivity contribution >= 4 is 11.8 Å². The molecule has 2 rings (SSSR count). The molecule has 0 aromatic carbocycles. The molecule has 1 N–H and O–H groups in total. The minimum atomic E-state index is 0.797. The molecule has 0 spiro atoms. The zero-order valence-corrected chi connectivity index (χ0v) is 13.2. The Labute approximate surface area is 121 Å². The molecule has 1 atom stereocenters. The lowest BCUT2D eigenvalue weighted by molar-refractivity contribution is 0.248. The summed E-state index contributed by atoms with van der Waals surface area (Å²) in [6.07, 6.45) is 1.27. The normalized spacial score (nSPS) is 20.9. The van der Waals surface area contributed by atoms with Crippen molar-refractivity contribution in [2.75, 3.05) is 25.4 Å². The van der Waals surface area contributed by atoms with Crippen LogP contribution in [0.3, 0.4) is 0 Å². The summed E-state index contributed by atoms with van der Waals surface area (Å²) >= 11 is 2.11. The number of thioether (sulfide) groups is 1. The van der Waals surface area contributed by atoms with Crippen LogP contribution in [0, 0.1) is 6.92 Å². The van der Waals surface area contributed by atoms with Gasteiger partial charge in [0, 0.05) is 36.2 Å². The summed E-state index contributed by atoms with van der Waals surface area (Å²) in [5.74, 6) is 3.43. The molecule has 1 aromatic rings. The number of nitrogens with one attached hydrogen (secondary N) is 1. The topological polar surface area (TPSA) is 28.4 Å². The first-order chi connectivity index (χ1) is 9.22. The Hall–Kier alpha value is -0.450. The number of hydrogen-bond donors (Lipinski definition) is 1. The first kappa shape index (κ1) is 14.9. The van der Waals surface area contributed by atoms with Gasteiger partial charge < -0.3 is 9.73 Å². The van der Waals surface area contributed by atoms with Crippen LogP contribution in [0.2, 0.25) is 0 Å². The van der Waals surface area contributed by atoms with Crippen molar-refractivity contribution in [1.82, 2.24) is 10.2 Å². The van der Waals surface area contributed by atoms with E-state index in [1.54, 1.807) is 0 Å². The highest BCUT2D eigenvalue weighted by Crippen LogP contribution is 2.23. The summed E-state index contributed by atoms with van der Waals surface area (Å²) in [4.78, 5) is 2.53. The maximum Gasteiger partial charge on any atom is 0.118 e. The molecule has 1 fully saturated rings. The minimum absolute atomic E-state index is 0.797. The van der Waals surface area contributed by atoms with Crippen LogP contribution in [0.4, 0.5) is 0 Å². The Morgan fingerprint density at radius 1 is 1.47 bits per heavy atom. The zero-order valence-electron chi connectivity index (χ0n) is 12.4. The third kappa shape index (κ3) is 4.26. The zero-order chi connectivity index (χ0) is 13.7. The van der Waals surface area contributed by atoms with Crippen molar-refractivity contribution in [2.24, 2.45) is 0 Å². The molecular weight excluding hydrogens is 256 g/mol. The molecule has 1 aliphatic heterocycles. The van der Waals surface area contributed by atoms with Gasteiger partial charge in [0.1, 0.15) is 11.5 Å². The fourth-order valence-corrected chi connectivity index (χ4v) is 3.74. The van der Waals surface area contributed by atoms with Crippen molar-refractivity contribution in [2.45, 2.75) is 45.5 Å². The minimum Gasteiger partial charge on any atom is -0.465 e. The Bertz CT molecular complexity index is 391. The van der Waals surface area contributed by atoms with E-state index >= 15 is 0 Å². The monoisotopic (exact) mass is 282 g/mol. The van der Waals surface area contributed by atoms with Gasteiger partial charge in [0.2, 0.25) is 0 Å². The third-order valence-electron chi connectivity index (χ3n) is 3.69. The third-order valence-corrected chi connectivity index (χ3v) is 5.07. The Kier molecular flexibility index (Phi) is 5.79. The molecule has 1 aliphatic rings. The second-order valence-electron chi connectivity index (χ2n) is 5.21. The van der Waals surface area contributed by atoms with E-state index in [9.17, 15) is 0 Å². The van der Waals surface area contributed by atoms with Crippen LogP contribution in [0.5, 0.6) is 0 Å². The van der Waals surface area contributed by atoms with Crippen molar-refractivity contribution < 1.29 is 4.42 Å². The first-order valence-electron chi connectivity index (χ1n) is 7.35.